The molecule has 2 unspecified atom stereocenters. The summed E-state index contributed by atoms with van der Waals surface area (Å²) in [4.78, 5) is 0. The maximum Gasteiger partial charge on any atom is 0.162 e. The topological polar surface area (TPSA) is 12.0 Å². The van der Waals surface area contributed by atoms with E-state index in [9.17, 15) is 8.78 Å². The summed E-state index contributed by atoms with van der Waals surface area (Å²) in [6.07, 6.45) is 6.18. The van der Waals surface area contributed by atoms with E-state index in [4.69, 9.17) is 0 Å². The van der Waals surface area contributed by atoms with Crippen molar-refractivity contribution >= 4 is 0 Å². The Kier molecular flexibility index (Phi) is 8.51. The van der Waals surface area contributed by atoms with Crippen molar-refractivity contribution < 1.29 is 8.78 Å². The van der Waals surface area contributed by atoms with Crippen LogP contribution in [0.2, 0.25) is 0 Å². The van der Waals surface area contributed by atoms with Crippen LogP contribution < -0.4 is 5.32 Å². The minimum absolute atomic E-state index is 0.220. The van der Waals surface area contributed by atoms with Crippen LogP contribution in [0.3, 0.4) is 0 Å². The van der Waals surface area contributed by atoms with Crippen LogP contribution in [0.5, 0.6) is 0 Å². The molecule has 0 aromatic heterocycles. The zero-order chi connectivity index (χ0) is 15.7. The van der Waals surface area contributed by atoms with Gasteiger partial charge in [0.05, 0.1) is 0 Å². The molecule has 0 amide bonds. The van der Waals surface area contributed by atoms with E-state index in [2.05, 4.69) is 26.1 Å². The van der Waals surface area contributed by atoms with Crippen molar-refractivity contribution in [2.24, 2.45) is 5.92 Å². The molecule has 1 nitrogen and oxygen atoms in total. The molecule has 0 saturated carbocycles. The highest BCUT2D eigenvalue weighted by Crippen LogP contribution is 2.22. The van der Waals surface area contributed by atoms with E-state index in [0.717, 1.165) is 25.8 Å². The minimum atomic E-state index is -0.747. The Morgan fingerprint density at radius 3 is 2.48 bits per heavy atom. The molecule has 120 valence electrons. The fourth-order valence-corrected chi connectivity index (χ4v) is 2.83. The summed E-state index contributed by atoms with van der Waals surface area (Å²) in [5.74, 6) is -0.923. The Balaban J connectivity index is 2.82. The summed E-state index contributed by atoms with van der Waals surface area (Å²) >= 11 is 0. The molecule has 1 aromatic rings. The highest BCUT2D eigenvalue weighted by atomic mass is 19.2. The summed E-state index contributed by atoms with van der Waals surface area (Å²) in [6.45, 7) is 7.42. The Morgan fingerprint density at radius 1 is 1.10 bits per heavy atom. The minimum Gasteiger partial charge on any atom is -0.313 e. The Morgan fingerprint density at radius 2 is 1.86 bits per heavy atom. The highest BCUT2D eigenvalue weighted by molar-refractivity contribution is 5.20. The third-order valence-corrected chi connectivity index (χ3v) is 4.15. The molecule has 21 heavy (non-hydrogen) atoms. The van der Waals surface area contributed by atoms with Crippen LogP contribution in [-0.4, -0.2) is 12.6 Å². The number of hydrogen-bond donors (Lipinski definition) is 1. The number of halogens is 2. The summed E-state index contributed by atoms with van der Waals surface area (Å²) < 4.78 is 27.3. The lowest BCUT2D eigenvalue weighted by Gasteiger charge is -2.28. The molecule has 3 heteroatoms. The van der Waals surface area contributed by atoms with E-state index in [-0.39, 0.29) is 6.04 Å². The quantitative estimate of drug-likeness (QED) is 0.634. The first-order valence-corrected chi connectivity index (χ1v) is 8.30. The maximum atomic E-state index is 13.9. The highest BCUT2D eigenvalue weighted by Gasteiger charge is 2.21. The molecule has 0 aliphatic rings. The largest absolute Gasteiger partial charge is 0.313 e. The van der Waals surface area contributed by atoms with Crippen LogP contribution in [0.25, 0.3) is 0 Å². The second-order valence-corrected chi connectivity index (χ2v) is 5.79. The van der Waals surface area contributed by atoms with Crippen molar-refractivity contribution in [2.45, 2.75) is 65.3 Å². The predicted molar refractivity (Wildman–Crippen MR) is 85.4 cm³/mol. The van der Waals surface area contributed by atoms with Crippen LogP contribution in [0.1, 0.15) is 58.4 Å². The molecule has 1 rings (SSSR count). The van der Waals surface area contributed by atoms with Crippen molar-refractivity contribution in [3.63, 3.8) is 0 Å². The van der Waals surface area contributed by atoms with Gasteiger partial charge < -0.3 is 5.32 Å². The van der Waals surface area contributed by atoms with Gasteiger partial charge in [-0.3, -0.25) is 0 Å². The normalized spacial score (nSPS) is 14.1. The van der Waals surface area contributed by atoms with Crippen molar-refractivity contribution in [3.05, 3.63) is 35.4 Å². The smallest absolute Gasteiger partial charge is 0.162 e. The first kappa shape index (κ1) is 18.1. The van der Waals surface area contributed by atoms with Gasteiger partial charge in [0.15, 0.2) is 11.6 Å². The first-order chi connectivity index (χ1) is 10.1. The summed E-state index contributed by atoms with van der Waals surface area (Å²) in [7, 11) is 0. The fraction of sp³-hybridized carbons (Fsp3) is 0.667. The van der Waals surface area contributed by atoms with Crippen LogP contribution in [-0.2, 0) is 6.42 Å². The zero-order valence-corrected chi connectivity index (χ0v) is 13.6. The average molecular weight is 297 g/mol. The number of nitrogens with one attached hydrogen (secondary N) is 1. The predicted octanol–water partition coefficient (Wildman–Crippen LogP) is 5.09. The SMILES string of the molecule is CCCCC(CC)C(Cc1cccc(F)c1F)NCCC. The van der Waals surface area contributed by atoms with Crippen molar-refractivity contribution in [2.75, 3.05) is 6.54 Å². The van der Waals surface area contributed by atoms with Gasteiger partial charge in [0, 0.05) is 6.04 Å². The molecule has 0 bridgehead atoms. The molecule has 1 aromatic carbocycles. The van der Waals surface area contributed by atoms with E-state index in [1.807, 2.05) is 0 Å². The van der Waals surface area contributed by atoms with E-state index in [0.29, 0.717) is 17.9 Å². The third kappa shape index (κ3) is 5.74. The van der Waals surface area contributed by atoms with E-state index in [1.54, 1.807) is 12.1 Å². The van der Waals surface area contributed by atoms with E-state index in [1.165, 1.54) is 18.9 Å². The molecule has 2 atom stereocenters. The summed E-state index contributed by atoms with van der Waals surface area (Å²) in [5.41, 5.74) is 0.485. The molecular weight excluding hydrogens is 268 g/mol. The summed E-state index contributed by atoms with van der Waals surface area (Å²) in [6, 6.07) is 4.70. The van der Waals surface area contributed by atoms with Crippen molar-refractivity contribution in [1.29, 1.82) is 0 Å². The second kappa shape index (κ2) is 9.88. The van der Waals surface area contributed by atoms with Gasteiger partial charge in [0.25, 0.3) is 0 Å². The average Bonchev–Trinajstić information content (AvgIpc) is 2.49. The monoisotopic (exact) mass is 297 g/mol. The standard InChI is InChI=1S/C18H29F2N/c1-4-7-9-14(6-3)17(21-12-5-2)13-15-10-8-11-16(19)18(15)20/h8,10-11,14,17,21H,4-7,9,12-13H2,1-3H3. The molecule has 0 saturated heterocycles. The Bertz CT molecular complexity index is 406. The molecule has 0 heterocycles. The van der Waals surface area contributed by atoms with Crippen LogP contribution in [0.15, 0.2) is 18.2 Å². The van der Waals surface area contributed by atoms with Gasteiger partial charge in [-0.25, -0.2) is 8.78 Å². The molecule has 1 N–H and O–H groups in total. The lowest BCUT2D eigenvalue weighted by atomic mass is 9.87. The molecule has 0 radical (unpaired) electrons. The van der Waals surface area contributed by atoms with Gasteiger partial charge in [0.1, 0.15) is 0 Å². The van der Waals surface area contributed by atoms with Crippen LogP contribution >= 0.6 is 0 Å². The van der Waals surface area contributed by atoms with Crippen molar-refractivity contribution in [3.8, 4) is 0 Å². The Hall–Kier alpha value is -0.960. The van der Waals surface area contributed by atoms with Gasteiger partial charge >= 0.3 is 0 Å². The zero-order valence-electron chi connectivity index (χ0n) is 13.6. The van der Waals surface area contributed by atoms with Gasteiger partial charge in [-0.05, 0) is 43.4 Å². The fourth-order valence-electron chi connectivity index (χ4n) is 2.83. The lowest BCUT2D eigenvalue weighted by molar-refractivity contribution is 0.312. The Labute approximate surface area is 128 Å². The van der Waals surface area contributed by atoms with Crippen molar-refractivity contribution in [1.82, 2.24) is 5.32 Å². The summed E-state index contributed by atoms with van der Waals surface area (Å²) in [5, 5.41) is 3.54. The van der Waals surface area contributed by atoms with E-state index < -0.39 is 11.6 Å². The number of unbranched alkanes of at least 4 members (excludes halogenated alkanes) is 1. The number of rotatable bonds is 10. The molecule has 0 aliphatic heterocycles. The second-order valence-electron chi connectivity index (χ2n) is 5.79. The number of hydrogen-bond acceptors (Lipinski definition) is 1. The van der Waals surface area contributed by atoms with E-state index >= 15 is 0 Å². The van der Waals surface area contributed by atoms with Gasteiger partial charge in [0.2, 0.25) is 0 Å². The molecule has 0 aliphatic carbocycles. The third-order valence-electron chi connectivity index (χ3n) is 4.15. The maximum absolute atomic E-state index is 13.9. The lowest BCUT2D eigenvalue weighted by Crippen LogP contribution is -2.38. The van der Waals surface area contributed by atoms with Gasteiger partial charge in [-0.1, -0.05) is 52.2 Å². The molecule has 0 fully saturated rings. The molecular formula is C18H29F2N. The van der Waals surface area contributed by atoms with Crippen LogP contribution in [0.4, 0.5) is 8.78 Å². The van der Waals surface area contributed by atoms with Gasteiger partial charge in [-0.15, -0.1) is 0 Å². The molecule has 0 spiro atoms. The first-order valence-electron chi connectivity index (χ1n) is 8.30. The van der Waals surface area contributed by atoms with Gasteiger partial charge in [-0.2, -0.15) is 0 Å². The number of benzene rings is 1. The van der Waals surface area contributed by atoms with Crippen LogP contribution in [0, 0.1) is 17.6 Å².